The number of fused-ring (bicyclic) bond motifs is 1. The SMILES string of the molecule is COC(=O)OC[C@H](C)NC(=O)NC(C(=O)N1C[C@H]2[C@@H](C1C(=O)NC(CC1CCC1)C(=O)C(N)=O)C2(C)C)C(C)(C)C. The van der Waals surface area contributed by atoms with Gasteiger partial charge in [0, 0.05) is 6.54 Å². The fraction of sp³-hybridized carbons (Fsp3) is 0.786. The van der Waals surface area contributed by atoms with Gasteiger partial charge in [-0.1, -0.05) is 53.9 Å². The van der Waals surface area contributed by atoms with Crippen molar-refractivity contribution < 1.29 is 38.2 Å². The molecule has 5 amide bonds. The molecule has 0 bridgehead atoms. The van der Waals surface area contributed by atoms with E-state index in [-0.39, 0.29) is 29.8 Å². The molecule has 3 fully saturated rings. The van der Waals surface area contributed by atoms with E-state index in [1.165, 1.54) is 12.0 Å². The molecule has 230 valence electrons. The maximum Gasteiger partial charge on any atom is 0.508 e. The number of nitrogens with zero attached hydrogens (tertiary/aromatic N) is 1. The van der Waals surface area contributed by atoms with Gasteiger partial charge in [0.05, 0.1) is 19.2 Å². The van der Waals surface area contributed by atoms with Crippen molar-refractivity contribution in [2.24, 2.45) is 34.3 Å². The molecule has 1 saturated heterocycles. The number of hydrogen-bond acceptors (Lipinski definition) is 8. The molecule has 0 aromatic heterocycles. The van der Waals surface area contributed by atoms with Gasteiger partial charge in [0.25, 0.3) is 5.91 Å². The van der Waals surface area contributed by atoms with Gasteiger partial charge in [-0.25, -0.2) is 9.59 Å². The van der Waals surface area contributed by atoms with Crippen LogP contribution in [0.3, 0.4) is 0 Å². The van der Waals surface area contributed by atoms with Crippen molar-refractivity contribution in [2.45, 2.75) is 91.4 Å². The number of hydrogen-bond donors (Lipinski definition) is 4. The number of urea groups is 1. The van der Waals surface area contributed by atoms with Crippen LogP contribution >= 0.6 is 0 Å². The predicted octanol–water partition coefficient (Wildman–Crippen LogP) is 1.08. The van der Waals surface area contributed by atoms with Crippen LogP contribution in [0.4, 0.5) is 9.59 Å². The van der Waals surface area contributed by atoms with Crippen molar-refractivity contribution in [1.82, 2.24) is 20.9 Å². The van der Waals surface area contributed by atoms with Gasteiger partial charge in [0.2, 0.25) is 17.6 Å². The van der Waals surface area contributed by atoms with E-state index < -0.39 is 65.3 Å². The van der Waals surface area contributed by atoms with Crippen molar-refractivity contribution in [3.8, 4) is 0 Å². The molecule has 0 aromatic rings. The summed E-state index contributed by atoms with van der Waals surface area (Å²) in [7, 11) is 1.17. The van der Waals surface area contributed by atoms with Crippen molar-refractivity contribution in [3.63, 3.8) is 0 Å². The molecule has 1 heterocycles. The molecular weight excluding hydrogens is 534 g/mol. The standard InChI is InChI=1S/C28H45N5O8/c1-14(13-41-26(39)40-7)30-25(38)32-21(27(2,3)4)24(37)33-12-16-18(28(16,5)6)19(33)23(36)31-17(20(34)22(29)35)11-15-9-8-10-15/h14-19,21H,8-13H2,1-7H3,(H2,29,35)(H,31,36)(H2,30,32,38)/t14-,16-,17?,18-,19?,21?/m0/s1. The van der Waals surface area contributed by atoms with E-state index in [0.717, 1.165) is 19.3 Å². The highest BCUT2D eigenvalue weighted by Crippen LogP contribution is 2.65. The lowest BCUT2D eigenvalue weighted by Crippen LogP contribution is -2.61. The number of carbonyl (C=O) groups is 6. The number of ketones is 1. The third-order valence-electron chi connectivity index (χ3n) is 8.81. The smallest absolute Gasteiger partial charge is 0.438 e. The maximum absolute atomic E-state index is 14.0. The third-order valence-corrected chi connectivity index (χ3v) is 8.81. The maximum atomic E-state index is 14.0. The zero-order chi connectivity index (χ0) is 30.9. The third kappa shape index (κ3) is 7.28. The summed E-state index contributed by atoms with van der Waals surface area (Å²) in [6.45, 7) is 11.3. The Hall–Kier alpha value is -3.38. The predicted molar refractivity (Wildman–Crippen MR) is 147 cm³/mol. The Labute approximate surface area is 241 Å². The molecule has 1 aliphatic heterocycles. The zero-order valence-corrected chi connectivity index (χ0v) is 25.1. The lowest BCUT2D eigenvalue weighted by Gasteiger charge is -2.38. The number of amides is 5. The number of carbonyl (C=O) groups excluding carboxylic acids is 6. The van der Waals surface area contributed by atoms with Crippen LogP contribution in [0, 0.1) is 28.6 Å². The fourth-order valence-electron chi connectivity index (χ4n) is 6.04. The molecule has 3 unspecified atom stereocenters. The van der Waals surface area contributed by atoms with E-state index in [0.29, 0.717) is 13.0 Å². The van der Waals surface area contributed by atoms with Gasteiger partial charge in [-0.15, -0.1) is 0 Å². The second-order valence-electron chi connectivity index (χ2n) is 13.3. The van der Waals surface area contributed by atoms with E-state index in [4.69, 9.17) is 10.5 Å². The van der Waals surface area contributed by atoms with Gasteiger partial charge in [0.1, 0.15) is 18.7 Å². The number of rotatable bonds is 11. The lowest BCUT2D eigenvalue weighted by atomic mass is 9.80. The minimum absolute atomic E-state index is 0.0732. The quantitative estimate of drug-likeness (QED) is 0.207. The van der Waals surface area contributed by atoms with Gasteiger partial charge in [-0.2, -0.15) is 0 Å². The first-order valence-corrected chi connectivity index (χ1v) is 14.2. The van der Waals surface area contributed by atoms with E-state index in [2.05, 4.69) is 20.7 Å². The highest BCUT2D eigenvalue weighted by atomic mass is 16.7. The summed E-state index contributed by atoms with van der Waals surface area (Å²) in [5, 5.41) is 8.12. The normalized spacial score (nSPS) is 25.0. The van der Waals surface area contributed by atoms with Crippen LogP contribution in [0.25, 0.3) is 0 Å². The second-order valence-corrected chi connectivity index (χ2v) is 13.3. The molecule has 0 spiro atoms. The van der Waals surface area contributed by atoms with Crippen LogP contribution < -0.4 is 21.7 Å². The van der Waals surface area contributed by atoms with E-state index >= 15 is 0 Å². The van der Waals surface area contributed by atoms with Crippen molar-refractivity contribution in [2.75, 3.05) is 20.3 Å². The number of piperidine rings is 1. The number of likely N-dealkylation sites (tertiary alicyclic amines) is 1. The monoisotopic (exact) mass is 579 g/mol. The number of primary amides is 1. The molecule has 3 rings (SSSR count). The molecular formula is C28H45N5O8. The molecule has 5 N–H and O–H groups in total. The number of methoxy groups -OCH3 is 1. The molecule has 3 aliphatic rings. The fourth-order valence-corrected chi connectivity index (χ4v) is 6.04. The summed E-state index contributed by atoms with van der Waals surface area (Å²) < 4.78 is 9.27. The number of ether oxygens (including phenoxy) is 2. The molecule has 41 heavy (non-hydrogen) atoms. The molecule has 2 saturated carbocycles. The van der Waals surface area contributed by atoms with Gasteiger partial charge in [0.15, 0.2) is 0 Å². The average molecular weight is 580 g/mol. The topological polar surface area (TPSA) is 186 Å². The summed E-state index contributed by atoms with van der Waals surface area (Å²) in [4.78, 5) is 77.6. The number of Topliss-reactive ketones (excluding diaryl/α,β-unsaturated/α-hetero) is 1. The Morgan fingerprint density at radius 1 is 1.05 bits per heavy atom. The van der Waals surface area contributed by atoms with Gasteiger partial charge >= 0.3 is 12.2 Å². The van der Waals surface area contributed by atoms with Crippen LogP contribution in [-0.2, 0) is 28.7 Å². The molecule has 0 radical (unpaired) electrons. The molecule has 0 aromatic carbocycles. The minimum atomic E-state index is -1.10. The summed E-state index contributed by atoms with van der Waals surface area (Å²) >= 11 is 0. The van der Waals surface area contributed by atoms with Crippen LogP contribution in [-0.4, -0.2) is 85.0 Å². The first-order chi connectivity index (χ1) is 19.0. The second kappa shape index (κ2) is 12.2. The van der Waals surface area contributed by atoms with Crippen LogP contribution in [0.5, 0.6) is 0 Å². The highest BCUT2D eigenvalue weighted by Gasteiger charge is 2.70. The largest absolute Gasteiger partial charge is 0.508 e. The van der Waals surface area contributed by atoms with Crippen LogP contribution in [0.1, 0.15) is 67.2 Å². The Balaban J connectivity index is 1.76. The Morgan fingerprint density at radius 3 is 2.20 bits per heavy atom. The summed E-state index contributed by atoms with van der Waals surface area (Å²) in [6.07, 6.45) is 2.31. The van der Waals surface area contributed by atoms with Gasteiger partial charge in [-0.05, 0) is 41.9 Å². The molecule has 13 nitrogen and oxygen atoms in total. The zero-order valence-electron chi connectivity index (χ0n) is 25.1. The van der Waals surface area contributed by atoms with Crippen molar-refractivity contribution in [1.29, 1.82) is 0 Å². The first-order valence-electron chi connectivity index (χ1n) is 14.2. The van der Waals surface area contributed by atoms with Gasteiger partial charge in [-0.3, -0.25) is 19.2 Å². The Bertz CT molecular complexity index is 1070. The summed E-state index contributed by atoms with van der Waals surface area (Å²) in [6, 6.07) is -4.12. The van der Waals surface area contributed by atoms with E-state index in [1.54, 1.807) is 27.7 Å². The first kappa shape index (κ1) is 32.1. The van der Waals surface area contributed by atoms with Gasteiger partial charge < -0.3 is 36.1 Å². The molecule has 6 atom stereocenters. The summed E-state index contributed by atoms with van der Waals surface area (Å²) in [5.41, 5.74) is 4.37. The summed E-state index contributed by atoms with van der Waals surface area (Å²) in [5.74, 6) is -2.71. The lowest BCUT2D eigenvalue weighted by molar-refractivity contribution is -0.145. The van der Waals surface area contributed by atoms with Crippen LogP contribution in [0.2, 0.25) is 0 Å². The van der Waals surface area contributed by atoms with E-state index in [1.807, 2.05) is 13.8 Å². The van der Waals surface area contributed by atoms with E-state index in [9.17, 15) is 28.8 Å². The highest BCUT2D eigenvalue weighted by molar-refractivity contribution is 6.37. The minimum Gasteiger partial charge on any atom is -0.438 e. The van der Waals surface area contributed by atoms with Crippen molar-refractivity contribution in [3.05, 3.63) is 0 Å². The van der Waals surface area contributed by atoms with Crippen LogP contribution in [0.15, 0.2) is 0 Å². The van der Waals surface area contributed by atoms with Crippen molar-refractivity contribution >= 4 is 35.7 Å². The number of nitrogens with two attached hydrogens (primary N) is 1. The Kier molecular flexibility index (Phi) is 9.59. The molecule has 13 heteroatoms. The Morgan fingerprint density at radius 2 is 1.68 bits per heavy atom. The molecule has 2 aliphatic carbocycles. The average Bonchev–Trinajstić information content (AvgIpc) is 3.18. The number of nitrogens with one attached hydrogen (secondary N) is 3.